The molecule has 0 aliphatic rings. The van der Waals surface area contributed by atoms with Gasteiger partial charge in [0.25, 0.3) is 5.89 Å². The van der Waals surface area contributed by atoms with Gasteiger partial charge in [0, 0.05) is 18.8 Å². The van der Waals surface area contributed by atoms with Gasteiger partial charge in [0.1, 0.15) is 11.4 Å². The zero-order valence-corrected chi connectivity index (χ0v) is 13.6. The fraction of sp³-hybridized carbons (Fsp3) is 0.235. The lowest BCUT2D eigenvalue weighted by Gasteiger charge is -2.09. The Bertz CT molecular complexity index is 836. The number of benzene rings is 1. The number of carbonyl (C=O) groups excluding carboxylic acids is 1. The smallest absolute Gasteiger partial charge is 0.355 e. The van der Waals surface area contributed by atoms with Crippen LogP contribution in [0.1, 0.15) is 29.4 Å². The molecular weight excluding hydrogens is 310 g/mol. The van der Waals surface area contributed by atoms with Crippen LogP contribution >= 0.6 is 0 Å². The van der Waals surface area contributed by atoms with Crippen molar-refractivity contribution in [2.45, 2.75) is 13.0 Å². The van der Waals surface area contributed by atoms with E-state index in [0.29, 0.717) is 11.6 Å². The lowest BCUT2D eigenvalue weighted by Crippen LogP contribution is -2.12. The quantitative estimate of drug-likeness (QED) is 0.670. The minimum Gasteiger partial charge on any atom is -0.497 e. The average Bonchev–Trinajstić information content (AvgIpc) is 3.24. The molecule has 3 aromatic rings. The van der Waals surface area contributed by atoms with Crippen molar-refractivity contribution < 1.29 is 18.7 Å². The third kappa shape index (κ3) is 3.15. The van der Waals surface area contributed by atoms with E-state index in [0.717, 1.165) is 11.3 Å². The van der Waals surface area contributed by atoms with Crippen LogP contribution in [-0.2, 0) is 11.8 Å². The van der Waals surface area contributed by atoms with Crippen LogP contribution in [-0.4, -0.2) is 27.8 Å². The van der Waals surface area contributed by atoms with Crippen LogP contribution in [0.25, 0.3) is 11.5 Å². The topological polar surface area (TPSA) is 79.4 Å². The second-order valence-corrected chi connectivity index (χ2v) is 5.23. The average molecular weight is 327 g/mol. The SMILES string of the molecule is COc1ccc(-c2nnc([C@@H](C)OC(=O)c3cccn3C)o2)cc1. The van der Waals surface area contributed by atoms with Crippen LogP contribution in [0.2, 0.25) is 0 Å². The molecule has 124 valence electrons. The van der Waals surface area contributed by atoms with Gasteiger partial charge in [-0.2, -0.15) is 0 Å². The monoisotopic (exact) mass is 327 g/mol. The highest BCUT2D eigenvalue weighted by Crippen LogP contribution is 2.24. The van der Waals surface area contributed by atoms with E-state index in [4.69, 9.17) is 13.9 Å². The molecule has 2 heterocycles. The molecule has 1 atom stereocenters. The Kier molecular flexibility index (Phi) is 4.33. The molecule has 0 aliphatic carbocycles. The van der Waals surface area contributed by atoms with Gasteiger partial charge in [0.05, 0.1) is 7.11 Å². The number of methoxy groups -OCH3 is 1. The molecule has 7 heteroatoms. The number of ether oxygens (including phenoxy) is 2. The van der Waals surface area contributed by atoms with Crippen LogP contribution < -0.4 is 4.74 Å². The fourth-order valence-corrected chi connectivity index (χ4v) is 2.19. The van der Waals surface area contributed by atoms with Gasteiger partial charge in [-0.15, -0.1) is 10.2 Å². The van der Waals surface area contributed by atoms with Gasteiger partial charge in [-0.25, -0.2) is 4.79 Å². The molecule has 2 aromatic heterocycles. The summed E-state index contributed by atoms with van der Waals surface area (Å²) in [6.45, 7) is 1.69. The van der Waals surface area contributed by atoms with E-state index in [1.54, 1.807) is 56.1 Å². The molecule has 0 unspecified atom stereocenters. The molecule has 0 fully saturated rings. The molecule has 0 amide bonds. The van der Waals surface area contributed by atoms with Crippen molar-refractivity contribution in [2.24, 2.45) is 7.05 Å². The van der Waals surface area contributed by atoms with E-state index in [1.807, 2.05) is 12.1 Å². The number of aryl methyl sites for hydroxylation is 1. The first-order chi connectivity index (χ1) is 11.6. The Morgan fingerprint density at radius 2 is 1.96 bits per heavy atom. The van der Waals surface area contributed by atoms with Gasteiger partial charge < -0.3 is 18.5 Å². The summed E-state index contributed by atoms with van der Waals surface area (Å²) in [5.41, 5.74) is 1.22. The van der Waals surface area contributed by atoms with Gasteiger partial charge in [0.15, 0.2) is 6.10 Å². The summed E-state index contributed by atoms with van der Waals surface area (Å²) in [6.07, 6.45) is 1.13. The maximum atomic E-state index is 12.1. The lowest BCUT2D eigenvalue weighted by atomic mass is 10.2. The summed E-state index contributed by atoms with van der Waals surface area (Å²) in [4.78, 5) is 12.1. The molecule has 0 bridgehead atoms. The Morgan fingerprint density at radius 3 is 2.58 bits per heavy atom. The van der Waals surface area contributed by atoms with Gasteiger partial charge in [0.2, 0.25) is 5.89 Å². The molecule has 7 nitrogen and oxygen atoms in total. The van der Waals surface area contributed by atoms with Crippen molar-refractivity contribution >= 4 is 5.97 Å². The van der Waals surface area contributed by atoms with Crippen LogP contribution in [0.15, 0.2) is 47.0 Å². The van der Waals surface area contributed by atoms with Gasteiger partial charge in [-0.1, -0.05) is 0 Å². The van der Waals surface area contributed by atoms with E-state index in [2.05, 4.69) is 10.2 Å². The number of carbonyl (C=O) groups is 1. The highest BCUT2D eigenvalue weighted by atomic mass is 16.6. The molecule has 1 aromatic carbocycles. The Balaban J connectivity index is 1.72. The van der Waals surface area contributed by atoms with Gasteiger partial charge >= 0.3 is 5.97 Å². The maximum Gasteiger partial charge on any atom is 0.355 e. The van der Waals surface area contributed by atoms with E-state index in [1.165, 1.54) is 0 Å². The highest BCUT2D eigenvalue weighted by molar-refractivity contribution is 5.87. The van der Waals surface area contributed by atoms with Crippen LogP contribution in [0.4, 0.5) is 0 Å². The van der Waals surface area contributed by atoms with Gasteiger partial charge in [-0.3, -0.25) is 0 Å². The highest BCUT2D eigenvalue weighted by Gasteiger charge is 2.21. The normalized spacial score (nSPS) is 12.0. The lowest BCUT2D eigenvalue weighted by molar-refractivity contribution is 0.0269. The first-order valence-corrected chi connectivity index (χ1v) is 7.38. The van der Waals surface area contributed by atoms with Crippen molar-refractivity contribution in [3.8, 4) is 17.2 Å². The Labute approximate surface area is 138 Å². The van der Waals surface area contributed by atoms with Crippen molar-refractivity contribution in [1.29, 1.82) is 0 Å². The van der Waals surface area contributed by atoms with Crippen molar-refractivity contribution in [1.82, 2.24) is 14.8 Å². The fourth-order valence-electron chi connectivity index (χ4n) is 2.19. The van der Waals surface area contributed by atoms with E-state index in [9.17, 15) is 4.79 Å². The van der Waals surface area contributed by atoms with Crippen LogP contribution in [0.3, 0.4) is 0 Å². The minimum atomic E-state index is -0.646. The van der Waals surface area contributed by atoms with Gasteiger partial charge in [-0.05, 0) is 43.3 Å². The van der Waals surface area contributed by atoms with E-state index >= 15 is 0 Å². The minimum absolute atomic E-state index is 0.239. The predicted octanol–water partition coefficient (Wildman–Crippen LogP) is 3.00. The summed E-state index contributed by atoms with van der Waals surface area (Å²) in [7, 11) is 3.37. The molecule has 0 spiro atoms. The third-order valence-corrected chi connectivity index (χ3v) is 3.56. The molecule has 24 heavy (non-hydrogen) atoms. The molecule has 0 saturated carbocycles. The third-order valence-electron chi connectivity index (χ3n) is 3.56. The van der Waals surface area contributed by atoms with E-state index < -0.39 is 12.1 Å². The molecule has 0 aliphatic heterocycles. The van der Waals surface area contributed by atoms with Crippen LogP contribution in [0.5, 0.6) is 5.75 Å². The molecular formula is C17H17N3O4. The maximum absolute atomic E-state index is 12.1. The Hall–Kier alpha value is -3.09. The van der Waals surface area contributed by atoms with Crippen LogP contribution in [0, 0.1) is 0 Å². The first kappa shape index (κ1) is 15.8. The summed E-state index contributed by atoms with van der Waals surface area (Å²) < 4.78 is 17.8. The number of hydrogen-bond donors (Lipinski definition) is 0. The standard InChI is InChI=1S/C17H17N3O4/c1-11(23-17(21)14-5-4-10-20(14)2)15-18-19-16(24-15)12-6-8-13(22-3)9-7-12/h4-11H,1-3H3/t11-/m1/s1. The second-order valence-electron chi connectivity index (χ2n) is 5.23. The van der Waals surface area contributed by atoms with Crippen molar-refractivity contribution in [3.63, 3.8) is 0 Å². The summed E-state index contributed by atoms with van der Waals surface area (Å²) in [5.74, 6) is 0.889. The molecule has 0 N–H and O–H groups in total. The number of rotatable bonds is 5. The number of esters is 1. The van der Waals surface area contributed by atoms with Crippen molar-refractivity contribution in [2.75, 3.05) is 7.11 Å². The Morgan fingerprint density at radius 1 is 1.21 bits per heavy atom. The number of hydrogen-bond acceptors (Lipinski definition) is 6. The zero-order chi connectivity index (χ0) is 17.1. The largest absolute Gasteiger partial charge is 0.497 e. The first-order valence-electron chi connectivity index (χ1n) is 7.38. The molecule has 3 rings (SSSR count). The zero-order valence-electron chi connectivity index (χ0n) is 13.6. The second kappa shape index (κ2) is 6.57. The molecule has 0 saturated heterocycles. The number of nitrogens with zero attached hydrogens (tertiary/aromatic N) is 3. The summed E-state index contributed by atoms with van der Waals surface area (Å²) in [6, 6.07) is 10.7. The molecule has 0 radical (unpaired) electrons. The number of aromatic nitrogens is 3. The van der Waals surface area contributed by atoms with E-state index in [-0.39, 0.29) is 5.89 Å². The predicted molar refractivity (Wildman–Crippen MR) is 85.5 cm³/mol. The summed E-state index contributed by atoms with van der Waals surface area (Å²) >= 11 is 0. The van der Waals surface area contributed by atoms with Crippen molar-refractivity contribution in [3.05, 3.63) is 54.2 Å². The summed E-state index contributed by atoms with van der Waals surface area (Å²) in [5, 5.41) is 7.96.